The lowest BCUT2D eigenvalue weighted by atomic mass is 10.1. The molecular weight excluding hydrogens is 220 g/mol. The summed E-state index contributed by atoms with van der Waals surface area (Å²) in [4.78, 5) is 2.57. The van der Waals surface area contributed by atoms with E-state index in [0.717, 1.165) is 0 Å². The minimum atomic E-state index is 0.431. The van der Waals surface area contributed by atoms with Crippen molar-refractivity contribution in [1.29, 1.82) is 0 Å². The fraction of sp³-hybridized carbons (Fsp3) is 0.625. The first-order chi connectivity index (χ1) is 8.72. The molecule has 2 heteroatoms. The molecule has 1 aromatic carbocycles. The fourth-order valence-electron chi connectivity index (χ4n) is 2.78. The highest BCUT2D eigenvalue weighted by atomic mass is 15.2. The first kappa shape index (κ1) is 13.4. The number of hydrogen-bond donors (Lipinski definition) is 1. The van der Waals surface area contributed by atoms with E-state index in [9.17, 15) is 0 Å². The van der Waals surface area contributed by atoms with Gasteiger partial charge < -0.3 is 10.2 Å². The van der Waals surface area contributed by atoms with Crippen molar-refractivity contribution >= 4 is 5.69 Å². The Kier molecular flexibility index (Phi) is 4.65. The molecule has 1 aliphatic rings. The number of nitrogens with one attached hydrogen (secondary N) is 1. The lowest BCUT2D eigenvalue weighted by molar-refractivity contribution is 0.615. The van der Waals surface area contributed by atoms with Gasteiger partial charge in [0.2, 0.25) is 0 Å². The topological polar surface area (TPSA) is 15.3 Å². The second-order valence-corrected chi connectivity index (χ2v) is 5.49. The molecule has 2 unspecified atom stereocenters. The van der Waals surface area contributed by atoms with Crippen LogP contribution in [0.3, 0.4) is 0 Å². The van der Waals surface area contributed by atoms with E-state index in [1.54, 1.807) is 0 Å². The van der Waals surface area contributed by atoms with Crippen molar-refractivity contribution in [3.05, 3.63) is 29.8 Å². The summed E-state index contributed by atoms with van der Waals surface area (Å²) in [6.45, 7) is 5.76. The molecule has 0 saturated carbocycles. The Labute approximate surface area is 111 Å². The smallest absolute Gasteiger partial charge is 0.0368 e. The van der Waals surface area contributed by atoms with Crippen molar-refractivity contribution < 1.29 is 0 Å². The third kappa shape index (κ3) is 3.05. The highest BCUT2D eigenvalue weighted by molar-refractivity contribution is 5.49. The molecule has 1 aromatic rings. The van der Waals surface area contributed by atoms with Crippen LogP contribution in [0.25, 0.3) is 0 Å². The minimum absolute atomic E-state index is 0.431. The predicted molar refractivity (Wildman–Crippen MR) is 79.2 cm³/mol. The second-order valence-electron chi connectivity index (χ2n) is 5.49. The Morgan fingerprint density at radius 2 is 1.89 bits per heavy atom. The second kappa shape index (κ2) is 6.24. The van der Waals surface area contributed by atoms with Crippen LogP contribution in [0.2, 0.25) is 0 Å². The number of anilines is 1. The van der Waals surface area contributed by atoms with Gasteiger partial charge in [-0.15, -0.1) is 0 Å². The van der Waals surface area contributed by atoms with Crippen molar-refractivity contribution in [2.45, 2.75) is 51.6 Å². The Morgan fingerprint density at radius 1 is 1.17 bits per heavy atom. The van der Waals surface area contributed by atoms with Crippen molar-refractivity contribution in [3.8, 4) is 0 Å². The van der Waals surface area contributed by atoms with E-state index in [4.69, 9.17) is 0 Å². The fourth-order valence-corrected chi connectivity index (χ4v) is 2.78. The van der Waals surface area contributed by atoms with Crippen LogP contribution in [0.5, 0.6) is 0 Å². The summed E-state index contributed by atoms with van der Waals surface area (Å²) in [5.74, 6) is 0. The lowest BCUT2D eigenvalue weighted by Gasteiger charge is -2.29. The van der Waals surface area contributed by atoms with Crippen LogP contribution in [0.15, 0.2) is 24.3 Å². The standard InChI is InChI=1S/C16H26N2/c1-13-7-5-4-6-12-18(13)16-10-8-15(9-11-16)14(2)17-3/h8-11,13-14,17H,4-7,12H2,1-3H3. The zero-order valence-electron chi connectivity index (χ0n) is 11.9. The molecule has 2 atom stereocenters. The number of nitrogens with zero attached hydrogens (tertiary/aromatic N) is 1. The quantitative estimate of drug-likeness (QED) is 0.874. The van der Waals surface area contributed by atoms with Gasteiger partial charge in [0, 0.05) is 24.3 Å². The van der Waals surface area contributed by atoms with Gasteiger partial charge in [0.1, 0.15) is 0 Å². The van der Waals surface area contributed by atoms with Crippen molar-refractivity contribution in [2.75, 3.05) is 18.5 Å². The predicted octanol–water partition coefficient (Wildman–Crippen LogP) is 3.74. The van der Waals surface area contributed by atoms with Crippen LogP contribution < -0.4 is 10.2 Å². The summed E-state index contributed by atoms with van der Waals surface area (Å²) < 4.78 is 0. The normalized spacial score (nSPS) is 22.6. The largest absolute Gasteiger partial charge is 0.369 e. The molecule has 0 spiro atoms. The third-order valence-electron chi connectivity index (χ3n) is 4.21. The number of rotatable bonds is 3. The average molecular weight is 246 g/mol. The van der Waals surface area contributed by atoms with E-state index in [-0.39, 0.29) is 0 Å². The first-order valence-electron chi connectivity index (χ1n) is 7.26. The van der Waals surface area contributed by atoms with Crippen molar-refractivity contribution in [3.63, 3.8) is 0 Å². The average Bonchev–Trinajstić information content (AvgIpc) is 2.63. The molecule has 2 nitrogen and oxygen atoms in total. The highest BCUT2D eigenvalue weighted by Crippen LogP contribution is 2.25. The highest BCUT2D eigenvalue weighted by Gasteiger charge is 2.17. The molecule has 0 aromatic heterocycles. The molecule has 0 bridgehead atoms. The molecular formula is C16H26N2. The van der Waals surface area contributed by atoms with Crippen LogP contribution in [0.1, 0.15) is 51.1 Å². The Bertz CT molecular complexity index is 358. The van der Waals surface area contributed by atoms with Gasteiger partial charge in [-0.3, -0.25) is 0 Å². The SMILES string of the molecule is CNC(C)c1ccc(N2CCCCCC2C)cc1. The van der Waals surface area contributed by atoms with Crippen LogP contribution in [0.4, 0.5) is 5.69 Å². The molecule has 0 aliphatic carbocycles. The molecule has 1 saturated heterocycles. The van der Waals surface area contributed by atoms with Gasteiger partial charge in [0.05, 0.1) is 0 Å². The lowest BCUT2D eigenvalue weighted by Crippen LogP contribution is -2.32. The molecule has 0 radical (unpaired) electrons. The minimum Gasteiger partial charge on any atom is -0.369 e. The number of benzene rings is 1. The van der Waals surface area contributed by atoms with Crippen LogP contribution in [-0.2, 0) is 0 Å². The van der Waals surface area contributed by atoms with E-state index >= 15 is 0 Å². The van der Waals surface area contributed by atoms with Crippen molar-refractivity contribution in [2.24, 2.45) is 0 Å². The molecule has 1 heterocycles. The first-order valence-corrected chi connectivity index (χ1v) is 7.26. The zero-order chi connectivity index (χ0) is 13.0. The Balaban J connectivity index is 2.12. The molecule has 2 rings (SSSR count). The third-order valence-corrected chi connectivity index (χ3v) is 4.21. The maximum absolute atomic E-state index is 3.29. The van der Waals surface area contributed by atoms with Crippen molar-refractivity contribution in [1.82, 2.24) is 5.32 Å². The summed E-state index contributed by atoms with van der Waals surface area (Å²) in [5.41, 5.74) is 2.75. The summed E-state index contributed by atoms with van der Waals surface area (Å²) in [6, 6.07) is 10.2. The molecule has 1 fully saturated rings. The maximum Gasteiger partial charge on any atom is 0.0368 e. The summed E-state index contributed by atoms with van der Waals surface area (Å²) >= 11 is 0. The molecule has 18 heavy (non-hydrogen) atoms. The maximum atomic E-state index is 3.29. The van der Waals surface area contributed by atoms with Gasteiger partial charge in [-0.1, -0.05) is 25.0 Å². The van der Waals surface area contributed by atoms with Crippen LogP contribution >= 0.6 is 0 Å². The van der Waals surface area contributed by atoms with Gasteiger partial charge in [-0.25, -0.2) is 0 Å². The molecule has 1 N–H and O–H groups in total. The van der Waals surface area contributed by atoms with Crippen LogP contribution in [0, 0.1) is 0 Å². The van der Waals surface area contributed by atoms with E-state index < -0.39 is 0 Å². The van der Waals surface area contributed by atoms with Gasteiger partial charge in [-0.05, 0) is 51.4 Å². The van der Waals surface area contributed by atoms with Gasteiger partial charge >= 0.3 is 0 Å². The Hall–Kier alpha value is -1.02. The molecule has 1 aliphatic heterocycles. The molecule has 100 valence electrons. The Morgan fingerprint density at radius 3 is 2.56 bits per heavy atom. The molecule has 0 amide bonds. The van der Waals surface area contributed by atoms with Crippen LogP contribution in [-0.4, -0.2) is 19.6 Å². The summed E-state index contributed by atoms with van der Waals surface area (Å²) in [5, 5.41) is 3.29. The zero-order valence-corrected chi connectivity index (χ0v) is 11.9. The monoisotopic (exact) mass is 246 g/mol. The number of hydrogen-bond acceptors (Lipinski definition) is 2. The van der Waals surface area contributed by atoms with Gasteiger partial charge in [-0.2, -0.15) is 0 Å². The van der Waals surface area contributed by atoms with Gasteiger partial charge in [0.15, 0.2) is 0 Å². The van der Waals surface area contributed by atoms with Gasteiger partial charge in [0.25, 0.3) is 0 Å². The van der Waals surface area contributed by atoms with E-state index in [1.165, 1.54) is 43.5 Å². The van der Waals surface area contributed by atoms with E-state index in [0.29, 0.717) is 12.1 Å². The van der Waals surface area contributed by atoms with E-state index in [1.807, 2.05) is 7.05 Å². The summed E-state index contributed by atoms with van der Waals surface area (Å²) in [6.07, 6.45) is 5.43. The van der Waals surface area contributed by atoms with E-state index in [2.05, 4.69) is 48.3 Å². The summed E-state index contributed by atoms with van der Waals surface area (Å²) in [7, 11) is 2.01.